The highest BCUT2D eigenvalue weighted by atomic mass is 35.5. The summed E-state index contributed by atoms with van der Waals surface area (Å²) in [6.45, 7) is 2.03. The molecule has 4 nitrogen and oxygen atoms in total. The van der Waals surface area contributed by atoms with Gasteiger partial charge in [-0.3, -0.25) is 9.69 Å². The van der Waals surface area contributed by atoms with Crippen molar-refractivity contribution in [1.82, 2.24) is 4.90 Å². The Labute approximate surface area is 167 Å². The Bertz CT molecular complexity index is 1030. The molecular weight excluding hydrogens is 381 g/mol. The third-order valence-corrected chi connectivity index (χ3v) is 5.35. The fourth-order valence-corrected chi connectivity index (χ4v) is 3.83. The molecule has 1 atom stereocenters. The number of fused-ring (bicyclic) bond motifs is 1. The van der Waals surface area contributed by atoms with E-state index in [9.17, 15) is 9.18 Å². The molecule has 0 saturated carbocycles. The van der Waals surface area contributed by atoms with Crippen LogP contribution in [0.5, 0.6) is 0 Å². The number of hydrogen-bond donors (Lipinski definition) is 0. The topological polar surface area (TPSA) is 42.7 Å². The number of rotatable bonds is 6. The summed E-state index contributed by atoms with van der Waals surface area (Å²) in [5.74, 6) is -0.424. The largest absolute Gasteiger partial charge is 0.464 e. The van der Waals surface area contributed by atoms with E-state index in [1.165, 1.54) is 12.3 Å². The van der Waals surface area contributed by atoms with Gasteiger partial charge in [0.1, 0.15) is 11.4 Å². The van der Waals surface area contributed by atoms with Gasteiger partial charge in [0.25, 0.3) is 0 Å². The zero-order chi connectivity index (χ0) is 19.5. The van der Waals surface area contributed by atoms with E-state index >= 15 is 0 Å². The van der Waals surface area contributed by atoms with Crippen molar-refractivity contribution in [3.63, 3.8) is 0 Å². The molecule has 0 radical (unpaired) electrons. The Morgan fingerprint density at radius 3 is 2.75 bits per heavy atom. The summed E-state index contributed by atoms with van der Waals surface area (Å²) in [5.41, 5.74) is 1.53. The van der Waals surface area contributed by atoms with Crippen molar-refractivity contribution in [2.75, 3.05) is 13.2 Å². The van der Waals surface area contributed by atoms with Gasteiger partial charge in [0.05, 0.1) is 22.8 Å². The monoisotopic (exact) mass is 401 g/mol. The van der Waals surface area contributed by atoms with Crippen LogP contribution in [0.25, 0.3) is 11.0 Å². The maximum atomic E-state index is 14.4. The lowest BCUT2D eigenvalue weighted by Gasteiger charge is -2.25. The summed E-state index contributed by atoms with van der Waals surface area (Å²) in [6, 6.07) is 12.1. The molecule has 1 aliphatic rings. The summed E-state index contributed by atoms with van der Waals surface area (Å²) >= 11 is 5.94. The van der Waals surface area contributed by atoms with Crippen molar-refractivity contribution in [3.05, 3.63) is 80.9 Å². The van der Waals surface area contributed by atoms with Gasteiger partial charge in [0.2, 0.25) is 0 Å². The standard InChI is InChI=1S/C22H21ClFNO3/c23-19-8-3-5-15(21(19)24)11-25(13-17-6-4-10-27-17)12-16-14-28-20-9-2-1-7-18(20)22(16)26/h1-3,5,7-9,14,17H,4,6,10-13H2. The van der Waals surface area contributed by atoms with Crippen molar-refractivity contribution in [2.24, 2.45) is 0 Å². The quantitative estimate of drug-likeness (QED) is 0.597. The Hall–Kier alpha value is -2.21. The number of para-hydroxylation sites is 1. The average molecular weight is 402 g/mol. The summed E-state index contributed by atoms with van der Waals surface area (Å²) in [5, 5.41) is 0.644. The van der Waals surface area contributed by atoms with Crippen LogP contribution < -0.4 is 5.43 Å². The third kappa shape index (κ3) is 4.12. The number of nitrogens with zero attached hydrogens (tertiary/aromatic N) is 1. The Morgan fingerprint density at radius 1 is 1.11 bits per heavy atom. The minimum Gasteiger partial charge on any atom is -0.464 e. The molecule has 1 aromatic heterocycles. The lowest BCUT2D eigenvalue weighted by atomic mass is 10.1. The van der Waals surface area contributed by atoms with Gasteiger partial charge in [-0.1, -0.05) is 35.9 Å². The van der Waals surface area contributed by atoms with Gasteiger partial charge in [0, 0.05) is 37.4 Å². The van der Waals surface area contributed by atoms with E-state index in [4.69, 9.17) is 20.8 Å². The Balaban J connectivity index is 1.62. The van der Waals surface area contributed by atoms with E-state index in [-0.39, 0.29) is 16.6 Å². The van der Waals surface area contributed by atoms with Gasteiger partial charge < -0.3 is 9.15 Å². The molecule has 2 heterocycles. The van der Waals surface area contributed by atoms with Gasteiger partial charge in [-0.15, -0.1) is 0 Å². The van der Waals surface area contributed by atoms with Crippen LogP contribution in [0.2, 0.25) is 5.02 Å². The minimum absolute atomic E-state index is 0.0641. The molecule has 6 heteroatoms. The van der Waals surface area contributed by atoms with Gasteiger partial charge in [0.15, 0.2) is 5.43 Å². The molecule has 1 unspecified atom stereocenters. The van der Waals surface area contributed by atoms with Crippen LogP contribution in [0, 0.1) is 5.82 Å². The second kappa shape index (κ2) is 8.43. The summed E-state index contributed by atoms with van der Waals surface area (Å²) in [7, 11) is 0. The maximum Gasteiger partial charge on any atom is 0.197 e. The summed E-state index contributed by atoms with van der Waals surface area (Å²) in [6.07, 6.45) is 3.56. The fourth-order valence-electron chi connectivity index (χ4n) is 3.64. The van der Waals surface area contributed by atoms with E-state index in [1.54, 1.807) is 24.3 Å². The molecule has 0 aliphatic carbocycles. The molecule has 1 aliphatic heterocycles. The highest BCUT2D eigenvalue weighted by molar-refractivity contribution is 6.30. The fraction of sp³-hybridized carbons (Fsp3) is 0.318. The summed E-state index contributed by atoms with van der Waals surface area (Å²) in [4.78, 5) is 14.9. The zero-order valence-corrected chi connectivity index (χ0v) is 16.1. The lowest BCUT2D eigenvalue weighted by Crippen LogP contribution is -2.33. The van der Waals surface area contributed by atoms with E-state index < -0.39 is 5.82 Å². The minimum atomic E-state index is -0.424. The number of halogens is 2. The van der Waals surface area contributed by atoms with Crippen LogP contribution >= 0.6 is 11.6 Å². The second-order valence-corrected chi connectivity index (χ2v) is 7.51. The molecule has 0 spiro atoms. The van der Waals surface area contributed by atoms with Crippen LogP contribution in [0.1, 0.15) is 24.0 Å². The van der Waals surface area contributed by atoms with Crippen LogP contribution in [-0.4, -0.2) is 24.2 Å². The summed E-state index contributed by atoms with van der Waals surface area (Å²) < 4.78 is 25.8. The first kappa shape index (κ1) is 19.1. The molecule has 3 aromatic rings. The van der Waals surface area contributed by atoms with Crippen LogP contribution in [0.3, 0.4) is 0 Å². The molecular formula is C22H21ClFNO3. The predicted molar refractivity (Wildman–Crippen MR) is 107 cm³/mol. The molecule has 0 amide bonds. The van der Waals surface area contributed by atoms with E-state index in [0.29, 0.717) is 41.7 Å². The van der Waals surface area contributed by atoms with Crippen molar-refractivity contribution < 1.29 is 13.5 Å². The normalized spacial score (nSPS) is 16.9. The number of hydrogen-bond acceptors (Lipinski definition) is 4. The molecule has 4 rings (SSSR count). The number of ether oxygens (including phenoxy) is 1. The SMILES string of the molecule is O=c1c(CN(Cc2cccc(Cl)c2F)CC2CCCO2)coc2ccccc12. The predicted octanol–water partition coefficient (Wildman–Crippen LogP) is 4.77. The Kier molecular flexibility index (Phi) is 5.76. The first-order valence-corrected chi connectivity index (χ1v) is 9.76. The molecule has 1 saturated heterocycles. The average Bonchev–Trinajstić information content (AvgIpc) is 3.21. The van der Waals surface area contributed by atoms with Crippen LogP contribution in [0.15, 0.2) is 57.9 Å². The number of benzene rings is 2. The van der Waals surface area contributed by atoms with Gasteiger partial charge >= 0.3 is 0 Å². The lowest BCUT2D eigenvalue weighted by molar-refractivity contribution is 0.0672. The van der Waals surface area contributed by atoms with Crippen molar-refractivity contribution >= 4 is 22.6 Å². The highest BCUT2D eigenvalue weighted by Gasteiger charge is 2.22. The molecule has 0 N–H and O–H groups in total. The molecule has 0 bridgehead atoms. The van der Waals surface area contributed by atoms with Crippen molar-refractivity contribution in [3.8, 4) is 0 Å². The third-order valence-electron chi connectivity index (χ3n) is 5.06. The molecule has 1 fully saturated rings. The smallest absolute Gasteiger partial charge is 0.197 e. The van der Waals surface area contributed by atoms with E-state index in [2.05, 4.69) is 0 Å². The maximum absolute atomic E-state index is 14.4. The molecule has 146 valence electrons. The van der Waals surface area contributed by atoms with Gasteiger partial charge in [-0.05, 0) is 31.0 Å². The first-order chi connectivity index (χ1) is 13.6. The molecule has 28 heavy (non-hydrogen) atoms. The van der Waals surface area contributed by atoms with Crippen LogP contribution in [0.4, 0.5) is 4.39 Å². The second-order valence-electron chi connectivity index (χ2n) is 7.10. The Morgan fingerprint density at radius 2 is 1.93 bits per heavy atom. The zero-order valence-electron chi connectivity index (χ0n) is 15.4. The first-order valence-electron chi connectivity index (χ1n) is 9.38. The van der Waals surface area contributed by atoms with Gasteiger partial charge in [-0.2, -0.15) is 0 Å². The molecule has 2 aromatic carbocycles. The van der Waals surface area contributed by atoms with Crippen molar-refractivity contribution in [2.45, 2.75) is 32.0 Å². The van der Waals surface area contributed by atoms with E-state index in [1.807, 2.05) is 17.0 Å². The van der Waals surface area contributed by atoms with Crippen LogP contribution in [-0.2, 0) is 17.8 Å². The highest BCUT2D eigenvalue weighted by Crippen LogP contribution is 2.22. The van der Waals surface area contributed by atoms with Crippen molar-refractivity contribution in [1.29, 1.82) is 0 Å². The van der Waals surface area contributed by atoms with Gasteiger partial charge in [-0.25, -0.2) is 4.39 Å². The van der Waals surface area contributed by atoms with E-state index in [0.717, 1.165) is 19.4 Å².